The van der Waals surface area contributed by atoms with E-state index < -0.39 is 0 Å². The van der Waals surface area contributed by atoms with Crippen LogP contribution in [0.2, 0.25) is 0 Å². The molecule has 0 saturated heterocycles. The third-order valence-electron chi connectivity index (χ3n) is 4.45. The molecule has 4 nitrogen and oxygen atoms in total. The molecule has 1 unspecified atom stereocenters. The lowest BCUT2D eigenvalue weighted by Crippen LogP contribution is -2.19. The summed E-state index contributed by atoms with van der Waals surface area (Å²) in [6.45, 7) is 6.20. The van der Waals surface area contributed by atoms with Gasteiger partial charge in [-0.1, -0.05) is 43.8 Å². The van der Waals surface area contributed by atoms with Gasteiger partial charge in [0.25, 0.3) is 0 Å². The summed E-state index contributed by atoms with van der Waals surface area (Å²) in [6.07, 6.45) is 5.54. The van der Waals surface area contributed by atoms with E-state index in [1.807, 2.05) is 43.5 Å². The average molecular weight is 400 g/mol. The van der Waals surface area contributed by atoms with Crippen LogP contribution >= 0.6 is 11.8 Å². The van der Waals surface area contributed by atoms with Gasteiger partial charge in [-0.25, -0.2) is 0 Å². The van der Waals surface area contributed by atoms with Crippen LogP contribution in [0.1, 0.15) is 50.4 Å². The second kappa shape index (κ2) is 11.6. The van der Waals surface area contributed by atoms with Gasteiger partial charge in [0.1, 0.15) is 11.5 Å². The Labute approximate surface area is 172 Å². The summed E-state index contributed by atoms with van der Waals surface area (Å²) in [5.74, 6) is 0.833. The molecule has 1 atom stereocenters. The minimum absolute atomic E-state index is 0.0383. The summed E-state index contributed by atoms with van der Waals surface area (Å²) in [5, 5.41) is -0.230. The third kappa shape index (κ3) is 7.47. The monoisotopic (exact) mass is 399 g/mol. The summed E-state index contributed by atoms with van der Waals surface area (Å²) in [4.78, 5) is 28.2. The molecule has 0 amide bonds. The molecule has 28 heavy (non-hydrogen) atoms. The molecule has 150 valence electrons. The van der Waals surface area contributed by atoms with Gasteiger partial charge in [-0.2, -0.15) is 0 Å². The van der Waals surface area contributed by atoms with Crippen LogP contribution in [0.3, 0.4) is 0 Å². The van der Waals surface area contributed by atoms with Crippen LogP contribution in [-0.4, -0.2) is 27.7 Å². The minimum atomic E-state index is -0.317. The highest BCUT2D eigenvalue weighted by Gasteiger charge is 2.19. The summed E-state index contributed by atoms with van der Waals surface area (Å²) in [7, 11) is 0. The number of ether oxygens (including phenoxy) is 1. The number of ketones is 1. The largest absolute Gasteiger partial charge is 0.493 e. The van der Waals surface area contributed by atoms with Crippen LogP contribution in [0.5, 0.6) is 5.75 Å². The highest BCUT2D eigenvalue weighted by atomic mass is 32.2. The Balaban J connectivity index is 1.84. The molecule has 0 bridgehead atoms. The molecule has 2 rings (SSSR count). The Hall–Kier alpha value is -2.14. The van der Waals surface area contributed by atoms with E-state index in [9.17, 15) is 9.59 Å². The van der Waals surface area contributed by atoms with Crippen LogP contribution in [-0.2, 0) is 28.9 Å². The molecular weight excluding hydrogens is 370 g/mol. The van der Waals surface area contributed by atoms with E-state index >= 15 is 0 Å². The first-order valence-electron chi connectivity index (χ1n) is 9.87. The average Bonchev–Trinajstić information content (AvgIpc) is 2.69. The SMILES string of the molecule is CCCC(=O)SC(Cc1ccc(OCCc2ccc(CC)cn2)cc1)C(C)=O. The van der Waals surface area contributed by atoms with Crippen LogP contribution in [0.15, 0.2) is 42.6 Å². The number of nitrogens with zero attached hydrogens (tertiary/aromatic N) is 1. The Morgan fingerprint density at radius 1 is 1.07 bits per heavy atom. The van der Waals surface area contributed by atoms with Gasteiger partial charge in [-0.15, -0.1) is 0 Å². The molecule has 5 heteroatoms. The number of aryl methyl sites for hydroxylation is 1. The van der Waals surface area contributed by atoms with Gasteiger partial charge < -0.3 is 4.74 Å². The smallest absolute Gasteiger partial charge is 0.189 e. The van der Waals surface area contributed by atoms with Gasteiger partial charge in [0.15, 0.2) is 5.12 Å². The summed E-state index contributed by atoms with van der Waals surface area (Å²) in [5.41, 5.74) is 3.28. The molecule has 1 aromatic carbocycles. The Bertz CT molecular complexity index is 756. The minimum Gasteiger partial charge on any atom is -0.493 e. The molecule has 0 fully saturated rings. The van der Waals surface area contributed by atoms with Crippen molar-refractivity contribution in [2.45, 2.75) is 58.1 Å². The fourth-order valence-electron chi connectivity index (χ4n) is 2.71. The molecule has 0 aliphatic heterocycles. The predicted molar refractivity (Wildman–Crippen MR) is 115 cm³/mol. The maximum Gasteiger partial charge on any atom is 0.189 e. The lowest BCUT2D eigenvalue weighted by molar-refractivity contribution is -0.117. The summed E-state index contributed by atoms with van der Waals surface area (Å²) < 4.78 is 5.80. The lowest BCUT2D eigenvalue weighted by Gasteiger charge is -2.13. The Morgan fingerprint density at radius 2 is 1.79 bits per heavy atom. The van der Waals surface area contributed by atoms with Crippen LogP contribution in [0.25, 0.3) is 0 Å². The summed E-state index contributed by atoms with van der Waals surface area (Å²) in [6, 6.07) is 11.9. The maximum absolute atomic E-state index is 11.9. The van der Waals surface area contributed by atoms with Gasteiger partial charge in [0.2, 0.25) is 0 Å². The van der Waals surface area contributed by atoms with E-state index in [1.165, 1.54) is 5.56 Å². The van der Waals surface area contributed by atoms with Crippen molar-refractivity contribution in [3.63, 3.8) is 0 Å². The normalized spacial score (nSPS) is 11.8. The summed E-state index contributed by atoms with van der Waals surface area (Å²) >= 11 is 1.16. The number of hydrogen-bond donors (Lipinski definition) is 0. The molecule has 2 aromatic rings. The van der Waals surface area contributed by atoms with Crippen molar-refractivity contribution in [3.8, 4) is 5.75 Å². The number of benzene rings is 1. The molecule has 1 heterocycles. The van der Waals surface area contributed by atoms with Crippen LogP contribution in [0.4, 0.5) is 0 Å². The van der Waals surface area contributed by atoms with Crippen molar-refractivity contribution in [2.24, 2.45) is 0 Å². The van der Waals surface area contributed by atoms with E-state index in [0.29, 0.717) is 19.4 Å². The molecule has 1 aromatic heterocycles. The zero-order valence-electron chi connectivity index (χ0n) is 16.9. The van der Waals surface area contributed by atoms with Crippen molar-refractivity contribution in [1.29, 1.82) is 0 Å². The molecule has 0 radical (unpaired) electrons. The molecule has 0 N–H and O–H groups in total. The van der Waals surface area contributed by atoms with Crippen molar-refractivity contribution in [1.82, 2.24) is 4.98 Å². The van der Waals surface area contributed by atoms with Gasteiger partial charge in [-0.3, -0.25) is 14.6 Å². The topological polar surface area (TPSA) is 56.3 Å². The molecule has 0 saturated carbocycles. The van der Waals surface area contributed by atoms with E-state index in [0.717, 1.165) is 48.0 Å². The van der Waals surface area contributed by atoms with Crippen molar-refractivity contribution >= 4 is 22.7 Å². The first-order chi connectivity index (χ1) is 13.5. The number of Topliss-reactive ketones (excluding diaryl/α,β-unsaturated/α-hetero) is 1. The number of hydrogen-bond acceptors (Lipinski definition) is 5. The first-order valence-corrected chi connectivity index (χ1v) is 10.7. The second-order valence-electron chi connectivity index (χ2n) is 6.80. The lowest BCUT2D eigenvalue weighted by atomic mass is 10.1. The zero-order chi connectivity index (χ0) is 20.4. The first kappa shape index (κ1) is 22.2. The van der Waals surface area contributed by atoms with Gasteiger partial charge in [-0.05, 0) is 55.5 Å². The number of aromatic nitrogens is 1. The zero-order valence-corrected chi connectivity index (χ0v) is 17.8. The second-order valence-corrected chi connectivity index (χ2v) is 8.06. The molecule has 0 aliphatic carbocycles. The Kier molecular flexibility index (Phi) is 9.21. The number of carbonyl (C=O) groups is 2. The van der Waals surface area contributed by atoms with Gasteiger partial charge in [0.05, 0.1) is 11.9 Å². The number of pyridine rings is 1. The standard InChI is InChI=1S/C23H29NO3S/c1-4-6-23(26)28-22(17(3)25)15-19-8-11-21(12-9-19)27-14-13-20-10-7-18(5-2)16-24-20/h7-12,16,22H,4-6,13-15H2,1-3H3. The maximum atomic E-state index is 11.9. The van der Waals surface area contributed by atoms with Crippen LogP contribution in [0, 0.1) is 0 Å². The van der Waals surface area contributed by atoms with E-state index in [2.05, 4.69) is 18.0 Å². The Morgan fingerprint density at radius 3 is 2.36 bits per heavy atom. The van der Waals surface area contributed by atoms with Gasteiger partial charge in [0, 0.05) is 24.7 Å². The predicted octanol–water partition coefficient (Wildman–Crippen LogP) is 4.83. The number of rotatable bonds is 11. The fraction of sp³-hybridized carbons (Fsp3) is 0.435. The molecular formula is C23H29NO3S. The van der Waals surface area contributed by atoms with Crippen molar-refractivity contribution in [2.75, 3.05) is 6.61 Å². The highest BCUT2D eigenvalue weighted by molar-refractivity contribution is 8.14. The van der Waals surface area contributed by atoms with E-state index in [1.54, 1.807) is 6.92 Å². The third-order valence-corrected chi connectivity index (χ3v) is 5.70. The number of carbonyl (C=O) groups excluding carboxylic acids is 2. The highest BCUT2D eigenvalue weighted by Crippen LogP contribution is 2.22. The molecule has 0 spiro atoms. The van der Waals surface area contributed by atoms with E-state index in [4.69, 9.17) is 4.74 Å². The van der Waals surface area contributed by atoms with E-state index in [-0.39, 0.29) is 16.1 Å². The quantitative estimate of drug-likeness (QED) is 0.542. The van der Waals surface area contributed by atoms with Crippen LogP contribution < -0.4 is 4.74 Å². The fourth-order valence-corrected chi connectivity index (χ4v) is 3.79. The molecule has 0 aliphatic rings. The van der Waals surface area contributed by atoms with Crippen molar-refractivity contribution in [3.05, 3.63) is 59.4 Å². The van der Waals surface area contributed by atoms with Crippen molar-refractivity contribution < 1.29 is 14.3 Å². The van der Waals surface area contributed by atoms with Gasteiger partial charge >= 0.3 is 0 Å². The number of thioether (sulfide) groups is 1.